The second kappa shape index (κ2) is 6.90. The molecule has 0 atom stereocenters. The first-order chi connectivity index (χ1) is 12.6. The molecule has 1 aliphatic heterocycles. The summed E-state index contributed by atoms with van der Waals surface area (Å²) in [6.45, 7) is 1.77. The van der Waals surface area contributed by atoms with Crippen LogP contribution >= 0.6 is 11.6 Å². The number of rotatable bonds is 2. The van der Waals surface area contributed by atoms with Gasteiger partial charge in [-0.2, -0.15) is 0 Å². The Morgan fingerprint density at radius 3 is 2.46 bits per heavy atom. The Morgan fingerprint density at radius 2 is 1.73 bits per heavy atom. The molecule has 0 bridgehead atoms. The fraction of sp³-hybridized carbons (Fsp3) is 0.143. The van der Waals surface area contributed by atoms with Gasteiger partial charge in [-0.25, -0.2) is 0 Å². The lowest BCUT2D eigenvalue weighted by Crippen LogP contribution is -2.16. The molecule has 0 saturated carbocycles. The van der Waals surface area contributed by atoms with Crippen LogP contribution in [-0.4, -0.2) is 28.7 Å². The lowest BCUT2D eigenvalue weighted by molar-refractivity contribution is 0.366. The van der Waals surface area contributed by atoms with E-state index in [0.29, 0.717) is 5.82 Å². The monoisotopic (exact) mass is 362 g/mol. The predicted molar refractivity (Wildman–Crippen MR) is 107 cm³/mol. The minimum absolute atomic E-state index is 0.427. The maximum absolute atomic E-state index is 6.06. The third-order valence-corrected chi connectivity index (χ3v) is 4.83. The Hall–Kier alpha value is -2.69. The van der Waals surface area contributed by atoms with Crippen LogP contribution in [0.5, 0.6) is 0 Å². The normalized spacial score (nSPS) is 14.5. The molecule has 26 heavy (non-hydrogen) atoms. The molecule has 4 rings (SSSR count). The van der Waals surface area contributed by atoms with E-state index in [0.717, 1.165) is 29.4 Å². The van der Waals surface area contributed by atoms with Crippen molar-refractivity contribution in [2.24, 2.45) is 0 Å². The van der Waals surface area contributed by atoms with Crippen LogP contribution in [0.15, 0.2) is 60.7 Å². The van der Waals surface area contributed by atoms with E-state index in [-0.39, 0.29) is 0 Å². The summed E-state index contributed by atoms with van der Waals surface area (Å²) < 4.78 is 0. The van der Waals surface area contributed by atoms with Crippen molar-refractivity contribution in [2.75, 3.05) is 19.3 Å². The van der Waals surface area contributed by atoms with E-state index in [2.05, 4.69) is 58.6 Å². The molecular weight excluding hydrogens is 344 g/mol. The van der Waals surface area contributed by atoms with E-state index in [1.807, 2.05) is 18.2 Å². The molecule has 0 fully saturated rings. The second-order valence-electron chi connectivity index (χ2n) is 6.54. The topological polar surface area (TPSA) is 55.0 Å². The summed E-state index contributed by atoms with van der Waals surface area (Å²) in [5.41, 5.74) is 12.4. The molecule has 4 nitrogen and oxygen atoms in total. The van der Waals surface area contributed by atoms with Crippen LogP contribution in [0.2, 0.25) is 5.02 Å². The highest BCUT2D eigenvalue weighted by Gasteiger charge is 2.16. The summed E-state index contributed by atoms with van der Waals surface area (Å²) in [4.78, 5) is 2.29. The molecule has 130 valence electrons. The first-order valence-corrected chi connectivity index (χ1v) is 8.85. The summed E-state index contributed by atoms with van der Waals surface area (Å²) >= 11 is 6.06. The van der Waals surface area contributed by atoms with Crippen molar-refractivity contribution < 1.29 is 0 Å². The van der Waals surface area contributed by atoms with Gasteiger partial charge in [0.15, 0.2) is 0 Å². The van der Waals surface area contributed by atoms with Gasteiger partial charge < -0.3 is 5.73 Å². The van der Waals surface area contributed by atoms with Gasteiger partial charge in [-0.05, 0) is 59.6 Å². The molecule has 0 aliphatic carbocycles. The third-order valence-electron chi connectivity index (χ3n) is 4.58. The summed E-state index contributed by atoms with van der Waals surface area (Å²) in [7, 11) is 2.13. The maximum atomic E-state index is 6.06. The summed E-state index contributed by atoms with van der Waals surface area (Å²) in [5, 5.41) is 8.92. The van der Waals surface area contributed by atoms with E-state index >= 15 is 0 Å². The molecule has 5 heteroatoms. The van der Waals surface area contributed by atoms with Crippen LogP contribution < -0.4 is 5.73 Å². The van der Waals surface area contributed by atoms with Crippen molar-refractivity contribution in [2.45, 2.75) is 6.54 Å². The molecule has 2 N–H and O–H groups in total. The van der Waals surface area contributed by atoms with E-state index < -0.39 is 0 Å². The molecule has 0 radical (unpaired) electrons. The highest BCUT2D eigenvalue weighted by atomic mass is 35.5. The molecule has 0 spiro atoms. The Balaban J connectivity index is 1.79. The lowest BCUT2D eigenvalue weighted by Gasteiger charge is -2.15. The van der Waals surface area contributed by atoms with E-state index in [4.69, 9.17) is 17.3 Å². The van der Waals surface area contributed by atoms with Gasteiger partial charge in [0.1, 0.15) is 5.82 Å². The predicted octanol–water partition coefficient (Wildman–Crippen LogP) is 4.26. The van der Waals surface area contributed by atoms with Gasteiger partial charge in [0, 0.05) is 23.7 Å². The van der Waals surface area contributed by atoms with Crippen molar-refractivity contribution in [3.05, 3.63) is 82.4 Å². The van der Waals surface area contributed by atoms with Crippen molar-refractivity contribution in [1.82, 2.24) is 15.1 Å². The van der Waals surface area contributed by atoms with Crippen molar-refractivity contribution in [3.8, 4) is 11.3 Å². The number of nitrogen functional groups attached to an aromatic ring is 1. The fourth-order valence-electron chi connectivity index (χ4n) is 3.26. The Kier molecular flexibility index (Phi) is 4.45. The second-order valence-corrected chi connectivity index (χ2v) is 6.97. The number of nitrogens with zero attached hydrogens (tertiary/aromatic N) is 3. The summed E-state index contributed by atoms with van der Waals surface area (Å²) in [5.74, 6) is 0.427. The number of hydrogen-bond donors (Lipinski definition) is 1. The minimum atomic E-state index is 0.427. The Morgan fingerprint density at radius 1 is 0.962 bits per heavy atom. The zero-order valence-corrected chi connectivity index (χ0v) is 15.2. The van der Waals surface area contributed by atoms with Gasteiger partial charge >= 0.3 is 0 Å². The summed E-state index contributed by atoms with van der Waals surface area (Å²) in [6, 6.07) is 18.1. The quantitative estimate of drug-likeness (QED) is 0.740. The molecule has 2 aromatic carbocycles. The number of aromatic nitrogens is 2. The van der Waals surface area contributed by atoms with Gasteiger partial charge in [-0.1, -0.05) is 41.9 Å². The first kappa shape index (κ1) is 16.8. The zero-order valence-electron chi connectivity index (χ0n) is 14.5. The number of likely N-dealkylation sites (N-methyl/N-ethyl adjacent to an activating group) is 1. The molecule has 1 aromatic heterocycles. The number of hydrogen-bond acceptors (Lipinski definition) is 4. The lowest BCUT2D eigenvalue weighted by atomic mass is 9.92. The third kappa shape index (κ3) is 3.34. The number of halogens is 1. The van der Waals surface area contributed by atoms with Crippen LogP contribution in [0.1, 0.15) is 16.7 Å². The number of nitrogens with two attached hydrogens (primary N) is 1. The first-order valence-electron chi connectivity index (χ1n) is 8.48. The van der Waals surface area contributed by atoms with Gasteiger partial charge in [-0.3, -0.25) is 4.90 Å². The highest BCUT2D eigenvalue weighted by Crippen LogP contribution is 2.32. The van der Waals surface area contributed by atoms with Crippen LogP contribution in [0.25, 0.3) is 16.8 Å². The van der Waals surface area contributed by atoms with Gasteiger partial charge in [0.2, 0.25) is 0 Å². The molecule has 0 unspecified atom stereocenters. The average molecular weight is 363 g/mol. The van der Waals surface area contributed by atoms with E-state index in [9.17, 15) is 0 Å². The molecule has 0 amide bonds. The molecular formula is C21H19ClN4. The largest absolute Gasteiger partial charge is 0.382 e. The number of benzene rings is 2. The molecule has 0 saturated heterocycles. The fourth-order valence-corrected chi connectivity index (χ4v) is 3.38. The van der Waals surface area contributed by atoms with Crippen LogP contribution in [-0.2, 0) is 6.54 Å². The number of anilines is 1. The van der Waals surface area contributed by atoms with E-state index in [1.165, 1.54) is 22.3 Å². The molecule has 2 heterocycles. The van der Waals surface area contributed by atoms with Crippen LogP contribution in [0, 0.1) is 0 Å². The van der Waals surface area contributed by atoms with Gasteiger partial charge in [0.25, 0.3) is 0 Å². The smallest absolute Gasteiger partial charge is 0.146 e. The SMILES string of the molecule is CN1CC=C(c2ccc(Cl)cc2)c2ccc(-c3ccc(N)nn3)cc2C1. The van der Waals surface area contributed by atoms with E-state index in [1.54, 1.807) is 6.07 Å². The van der Waals surface area contributed by atoms with Gasteiger partial charge in [-0.15, -0.1) is 10.2 Å². The van der Waals surface area contributed by atoms with Gasteiger partial charge in [0.05, 0.1) is 5.69 Å². The van der Waals surface area contributed by atoms with Crippen molar-refractivity contribution in [3.63, 3.8) is 0 Å². The zero-order chi connectivity index (χ0) is 18.1. The molecule has 3 aromatic rings. The van der Waals surface area contributed by atoms with Crippen molar-refractivity contribution >= 4 is 23.0 Å². The van der Waals surface area contributed by atoms with Crippen molar-refractivity contribution in [1.29, 1.82) is 0 Å². The van der Waals surface area contributed by atoms with Crippen LogP contribution in [0.3, 0.4) is 0 Å². The summed E-state index contributed by atoms with van der Waals surface area (Å²) in [6.07, 6.45) is 2.28. The minimum Gasteiger partial charge on any atom is -0.382 e. The molecule has 1 aliphatic rings. The average Bonchev–Trinajstić information content (AvgIpc) is 2.81. The highest BCUT2D eigenvalue weighted by molar-refractivity contribution is 6.30. The van der Waals surface area contributed by atoms with Crippen LogP contribution in [0.4, 0.5) is 5.82 Å². The number of fused-ring (bicyclic) bond motifs is 1. The standard InChI is InChI=1S/C21H19ClN4/c1-26-11-10-19(14-2-5-17(22)6-3-14)18-7-4-15(12-16(18)13-26)20-8-9-21(23)25-24-20/h2-10,12H,11,13H2,1H3,(H2,23,25). The Bertz CT molecular complexity index is 962. The Labute approximate surface area is 157 Å². The maximum Gasteiger partial charge on any atom is 0.146 e.